The third-order valence-corrected chi connectivity index (χ3v) is 6.29. The number of fused-ring (bicyclic) bond motifs is 2. The van der Waals surface area contributed by atoms with E-state index in [0.29, 0.717) is 5.92 Å². The van der Waals surface area contributed by atoms with Crippen LogP contribution >= 0.6 is 0 Å². The average Bonchev–Trinajstić information content (AvgIpc) is 3.59. The molecule has 4 aromatic rings. The Morgan fingerprint density at radius 3 is 2.41 bits per heavy atom. The average molecular weight is 456 g/mol. The van der Waals surface area contributed by atoms with Gasteiger partial charge in [-0.3, -0.25) is 4.98 Å². The summed E-state index contributed by atoms with van der Waals surface area (Å²) >= 11 is 0. The van der Waals surface area contributed by atoms with Gasteiger partial charge in [0, 0.05) is 41.7 Å². The highest BCUT2D eigenvalue weighted by Crippen LogP contribution is 2.39. The van der Waals surface area contributed by atoms with Crippen LogP contribution < -0.4 is 23.8 Å². The second-order valence-corrected chi connectivity index (χ2v) is 8.62. The van der Waals surface area contributed by atoms with E-state index in [1.807, 2.05) is 42.5 Å². The van der Waals surface area contributed by atoms with E-state index in [2.05, 4.69) is 22.0 Å². The second kappa shape index (κ2) is 8.41. The van der Waals surface area contributed by atoms with E-state index in [1.54, 1.807) is 20.4 Å². The molecule has 0 spiro atoms. The molecule has 2 aliphatic rings. The lowest BCUT2D eigenvalue weighted by molar-refractivity contribution is 0.174. The summed E-state index contributed by atoms with van der Waals surface area (Å²) in [4.78, 5) is 11.9. The summed E-state index contributed by atoms with van der Waals surface area (Å²) in [5.41, 5.74) is 5.51. The van der Waals surface area contributed by atoms with Gasteiger partial charge in [-0.25, -0.2) is 4.98 Å². The van der Waals surface area contributed by atoms with Gasteiger partial charge in [0.1, 0.15) is 11.5 Å². The first-order valence-electron chi connectivity index (χ1n) is 11.4. The van der Waals surface area contributed by atoms with Crippen LogP contribution in [0.3, 0.4) is 0 Å². The molecule has 6 rings (SSSR count). The zero-order chi connectivity index (χ0) is 23.1. The number of ether oxygens (including phenoxy) is 4. The standard InChI is InChI=1S/C27H25N3O4/c1-31-21-10-20(11-22(13-21)32-2)30(15-17-3-4-17)19-6-7-23-24(12-19)29-25(14-28-23)18-5-8-26-27(9-18)34-16-33-26/h5-14,17H,3-4,15-16H2,1-2H3. The van der Waals surface area contributed by atoms with Gasteiger partial charge >= 0.3 is 0 Å². The molecule has 1 saturated carbocycles. The number of hydrogen-bond acceptors (Lipinski definition) is 7. The number of methoxy groups -OCH3 is 2. The Balaban J connectivity index is 1.41. The van der Waals surface area contributed by atoms with Crippen LogP contribution in [0.1, 0.15) is 12.8 Å². The summed E-state index contributed by atoms with van der Waals surface area (Å²) in [5, 5.41) is 0. The zero-order valence-electron chi connectivity index (χ0n) is 19.2. The van der Waals surface area contributed by atoms with E-state index in [-0.39, 0.29) is 6.79 Å². The molecule has 3 aromatic carbocycles. The lowest BCUT2D eigenvalue weighted by Gasteiger charge is -2.26. The lowest BCUT2D eigenvalue weighted by Crippen LogP contribution is -2.20. The molecule has 0 radical (unpaired) electrons. The van der Waals surface area contributed by atoms with Crippen LogP contribution in [0.25, 0.3) is 22.3 Å². The molecule has 0 bridgehead atoms. The summed E-state index contributed by atoms with van der Waals surface area (Å²) in [6.07, 6.45) is 4.30. The van der Waals surface area contributed by atoms with Gasteiger partial charge in [0.25, 0.3) is 0 Å². The van der Waals surface area contributed by atoms with Crippen LogP contribution in [0, 0.1) is 5.92 Å². The molecule has 172 valence electrons. The lowest BCUT2D eigenvalue weighted by atomic mass is 10.1. The highest BCUT2D eigenvalue weighted by Gasteiger charge is 2.26. The van der Waals surface area contributed by atoms with Crippen molar-refractivity contribution < 1.29 is 18.9 Å². The molecule has 1 aromatic heterocycles. The van der Waals surface area contributed by atoms with E-state index in [4.69, 9.17) is 23.9 Å². The highest BCUT2D eigenvalue weighted by atomic mass is 16.7. The maximum absolute atomic E-state index is 5.53. The molecular weight excluding hydrogens is 430 g/mol. The van der Waals surface area contributed by atoms with Crippen molar-refractivity contribution in [2.24, 2.45) is 5.92 Å². The summed E-state index contributed by atoms with van der Waals surface area (Å²) in [6.45, 7) is 1.18. The minimum Gasteiger partial charge on any atom is -0.497 e. The van der Waals surface area contributed by atoms with Gasteiger partial charge in [0.05, 0.1) is 37.1 Å². The Morgan fingerprint density at radius 2 is 1.65 bits per heavy atom. The summed E-state index contributed by atoms with van der Waals surface area (Å²) in [5.74, 6) is 3.69. The van der Waals surface area contributed by atoms with Gasteiger partial charge in [-0.2, -0.15) is 0 Å². The van der Waals surface area contributed by atoms with Crippen LogP contribution in [0.2, 0.25) is 0 Å². The fourth-order valence-corrected chi connectivity index (χ4v) is 4.23. The largest absolute Gasteiger partial charge is 0.497 e. The van der Waals surface area contributed by atoms with Crippen LogP contribution in [0.15, 0.2) is 60.8 Å². The fourth-order valence-electron chi connectivity index (χ4n) is 4.23. The first-order valence-corrected chi connectivity index (χ1v) is 11.4. The Kier molecular flexibility index (Phi) is 5.09. The molecule has 0 atom stereocenters. The van der Waals surface area contributed by atoms with Crippen molar-refractivity contribution in [2.45, 2.75) is 12.8 Å². The topological polar surface area (TPSA) is 65.9 Å². The monoisotopic (exact) mass is 455 g/mol. The zero-order valence-corrected chi connectivity index (χ0v) is 19.2. The number of rotatable bonds is 7. The third-order valence-electron chi connectivity index (χ3n) is 6.29. The van der Waals surface area contributed by atoms with Crippen molar-refractivity contribution in [1.29, 1.82) is 0 Å². The van der Waals surface area contributed by atoms with Crippen molar-refractivity contribution in [3.63, 3.8) is 0 Å². The predicted octanol–water partition coefficient (Wildman–Crippen LogP) is 5.59. The molecule has 1 aliphatic heterocycles. The maximum atomic E-state index is 5.53. The molecule has 7 nitrogen and oxygen atoms in total. The van der Waals surface area contributed by atoms with Gasteiger partial charge in [0.2, 0.25) is 6.79 Å². The summed E-state index contributed by atoms with van der Waals surface area (Å²) in [6, 6.07) is 18.1. The fraction of sp³-hybridized carbons (Fsp3) is 0.259. The third kappa shape index (κ3) is 3.94. The molecule has 7 heteroatoms. The number of anilines is 2. The normalized spacial score (nSPS) is 14.3. The van der Waals surface area contributed by atoms with Crippen LogP contribution in [0.5, 0.6) is 23.0 Å². The first kappa shape index (κ1) is 20.6. The molecule has 2 heterocycles. The molecule has 0 amide bonds. The first-order chi connectivity index (χ1) is 16.7. The van der Waals surface area contributed by atoms with Crippen molar-refractivity contribution in [1.82, 2.24) is 9.97 Å². The van der Waals surface area contributed by atoms with Gasteiger partial charge in [-0.1, -0.05) is 0 Å². The summed E-state index contributed by atoms with van der Waals surface area (Å²) < 4.78 is 22.0. The second-order valence-electron chi connectivity index (χ2n) is 8.62. The van der Waals surface area contributed by atoms with E-state index in [1.165, 1.54) is 12.8 Å². The molecule has 1 aliphatic carbocycles. The van der Waals surface area contributed by atoms with Crippen molar-refractivity contribution in [2.75, 3.05) is 32.5 Å². The van der Waals surface area contributed by atoms with Crippen LogP contribution in [-0.4, -0.2) is 37.5 Å². The SMILES string of the molecule is COc1cc(OC)cc(N(CC2CC2)c2ccc3ncc(-c4ccc5c(c4)OCO5)nc3c2)c1. The Labute approximate surface area is 197 Å². The summed E-state index contributed by atoms with van der Waals surface area (Å²) in [7, 11) is 3.35. The van der Waals surface area contributed by atoms with Gasteiger partial charge in [-0.05, 0) is 55.2 Å². The van der Waals surface area contributed by atoms with E-state index < -0.39 is 0 Å². The molecular formula is C27H25N3O4. The predicted molar refractivity (Wildman–Crippen MR) is 130 cm³/mol. The Morgan fingerprint density at radius 1 is 0.853 bits per heavy atom. The van der Waals surface area contributed by atoms with Gasteiger partial charge in [0.15, 0.2) is 11.5 Å². The number of nitrogens with zero attached hydrogens (tertiary/aromatic N) is 3. The van der Waals surface area contributed by atoms with E-state index in [9.17, 15) is 0 Å². The molecule has 0 saturated heterocycles. The Bertz CT molecular complexity index is 1350. The minimum absolute atomic E-state index is 0.247. The number of aromatic nitrogens is 2. The van der Waals surface area contributed by atoms with E-state index in [0.717, 1.165) is 63.2 Å². The van der Waals surface area contributed by atoms with Crippen molar-refractivity contribution in [3.05, 3.63) is 60.8 Å². The Hall–Kier alpha value is -4.00. The van der Waals surface area contributed by atoms with Crippen molar-refractivity contribution in [3.8, 4) is 34.3 Å². The molecule has 0 unspecified atom stereocenters. The quantitative estimate of drug-likeness (QED) is 0.360. The van der Waals surface area contributed by atoms with Crippen LogP contribution in [-0.2, 0) is 0 Å². The number of benzene rings is 3. The van der Waals surface area contributed by atoms with Crippen LogP contribution in [0.4, 0.5) is 11.4 Å². The smallest absolute Gasteiger partial charge is 0.231 e. The van der Waals surface area contributed by atoms with Gasteiger partial charge in [-0.15, -0.1) is 0 Å². The number of hydrogen-bond donors (Lipinski definition) is 0. The molecule has 34 heavy (non-hydrogen) atoms. The maximum Gasteiger partial charge on any atom is 0.231 e. The highest BCUT2D eigenvalue weighted by molar-refractivity contribution is 5.83. The minimum atomic E-state index is 0.247. The van der Waals surface area contributed by atoms with Gasteiger partial charge < -0.3 is 23.8 Å². The molecule has 1 fully saturated rings. The molecule has 0 N–H and O–H groups in total. The van der Waals surface area contributed by atoms with Crippen molar-refractivity contribution >= 4 is 22.4 Å². The van der Waals surface area contributed by atoms with E-state index >= 15 is 0 Å².